The number of ether oxygens (including phenoxy) is 1. The van der Waals surface area contributed by atoms with Crippen LogP contribution in [0, 0.1) is 0 Å². The summed E-state index contributed by atoms with van der Waals surface area (Å²) in [7, 11) is 0. The van der Waals surface area contributed by atoms with E-state index in [0.717, 1.165) is 25.8 Å². The van der Waals surface area contributed by atoms with Crippen molar-refractivity contribution in [2.75, 3.05) is 39.5 Å². The summed E-state index contributed by atoms with van der Waals surface area (Å²) in [5.41, 5.74) is 0. The van der Waals surface area contributed by atoms with E-state index in [-0.39, 0.29) is 19.2 Å². The van der Waals surface area contributed by atoms with Gasteiger partial charge in [-0.25, -0.2) is 0 Å². The van der Waals surface area contributed by atoms with E-state index < -0.39 is 0 Å². The monoisotopic (exact) mass is 247 g/mol. The number of hydrogen-bond acceptors (Lipinski definition) is 5. The maximum atomic E-state index is 11.0. The Labute approximate surface area is 103 Å². The molecule has 0 aliphatic rings. The smallest absolute Gasteiger partial charge is 0.305 e. The van der Waals surface area contributed by atoms with Gasteiger partial charge in [-0.2, -0.15) is 0 Å². The molecular weight excluding hydrogens is 222 g/mol. The molecule has 0 saturated carbocycles. The van der Waals surface area contributed by atoms with Crippen LogP contribution < -0.4 is 0 Å². The first-order valence-electron chi connectivity index (χ1n) is 6.34. The number of aliphatic hydroxyl groups is 2. The lowest BCUT2D eigenvalue weighted by molar-refractivity contribution is -0.143. The van der Waals surface area contributed by atoms with Gasteiger partial charge in [0.25, 0.3) is 0 Å². The van der Waals surface area contributed by atoms with E-state index in [1.807, 2.05) is 4.90 Å². The van der Waals surface area contributed by atoms with Crippen molar-refractivity contribution in [2.24, 2.45) is 0 Å². The fourth-order valence-corrected chi connectivity index (χ4v) is 1.63. The van der Waals surface area contributed by atoms with Crippen LogP contribution >= 0.6 is 0 Å². The maximum Gasteiger partial charge on any atom is 0.305 e. The third-order valence-electron chi connectivity index (χ3n) is 2.49. The number of esters is 1. The zero-order valence-corrected chi connectivity index (χ0v) is 10.7. The molecule has 0 amide bonds. The summed E-state index contributed by atoms with van der Waals surface area (Å²) >= 11 is 0. The average molecular weight is 247 g/mol. The van der Waals surface area contributed by atoms with E-state index in [0.29, 0.717) is 26.1 Å². The Bertz CT molecular complexity index is 181. The summed E-state index contributed by atoms with van der Waals surface area (Å²) in [5.74, 6) is -0.130. The van der Waals surface area contributed by atoms with Gasteiger partial charge in [-0.15, -0.1) is 0 Å². The number of hydrogen-bond donors (Lipinski definition) is 2. The second-order valence-corrected chi connectivity index (χ2v) is 3.90. The third kappa shape index (κ3) is 10.2. The highest BCUT2D eigenvalue weighted by Gasteiger charge is 2.04. The van der Waals surface area contributed by atoms with E-state index in [9.17, 15) is 4.79 Å². The molecule has 0 fully saturated rings. The molecule has 0 spiro atoms. The van der Waals surface area contributed by atoms with Crippen LogP contribution in [0.1, 0.15) is 32.6 Å². The van der Waals surface area contributed by atoms with Crippen molar-refractivity contribution >= 4 is 5.97 Å². The summed E-state index contributed by atoms with van der Waals surface area (Å²) in [6, 6.07) is 0. The summed E-state index contributed by atoms with van der Waals surface area (Å²) in [5, 5.41) is 17.6. The Morgan fingerprint density at radius 2 is 1.71 bits per heavy atom. The maximum absolute atomic E-state index is 11.0. The van der Waals surface area contributed by atoms with Gasteiger partial charge in [0, 0.05) is 19.5 Å². The lowest BCUT2D eigenvalue weighted by Crippen LogP contribution is -2.30. The minimum Gasteiger partial charge on any atom is -0.466 e. The van der Waals surface area contributed by atoms with Crippen LogP contribution in [0.4, 0.5) is 0 Å². The van der Waals surface area contributed by atoms with E-state index in [2.05, 4.69) is 0 Å². The van der Waals surface area contributed by atoms with Crippen LogP contribution in [0.5, 0.6) is 0 Å². The molecular formula is C12H25NO4. The molecule has 5 heteroatoms. The van der Waals surface area contributed by atoms with E-state index in [4.69, 9.17) is 14.9 Å². The third-order valence-corrected chi connectivity index (χ3v) is 2.49. The molecule has 0 bridgehead atoms. The SMILES string of the molecule is CCOC(=O)CCCCCN(CCO)CCO. The van der Waals surface area contributed by atoms with Crippen molar-refractivity contribution in [3.63, 3.8) is 0 Å². The first kappa shape index (κ1) is 16.4. The molecule has 0 radical (unpaired) electrons. The van der Waals surface area contributed by atoms with Gasteiger partial charge in [0.2, 0.25) is 0 Å². The molecule has 0 rings (SSSR count). The predicted octanol–water partition coefficient (Wildman–Crippen LogP) is 0.396. The molecule has 0 aromatic carbocycles. The number of aliphatic hydroxyl groups excluding tert-OH is 2. The topological polar surface area (TPSA) is 70.0 Å². The minimum absolute atomic E-state index is 0.114. The number of carbonyl (C=O) groups is 1. The molecule has 17 heavy (non-hydrogen) atoms. The van der Waals surface area contributed by atoms with Crippen LogP contribution in [0.15, 0.2) is 0 Å². The van der Waals surface area contributed by atoms with Crippen molar-refractivity contribution in [1.82, 2.24) is 4.90 Å². The Kier molecular flexibility index (Phi) is 11.4. The highest BCUT2D eigenvalue weighted by Crippen LogP contribution is 2.03. The Balaban J connectivity index is 3.44. The molecule has 2 N–H and O–H groups in total. The molecule has 0 atom stereocenters. The van der Waals surface area contributed by atoms with Gasteiger partial charge >= 0.3 is 5.97 Å². The van der Waals surface area contributed by atoms with Crippen LogP contribution in [0.2, 0.25) is 0 Å². The number of nitrogens with zero attached hydrogens (tertiary/aromatic N) is 1. The van der Waals surface area contributed by atoms with E-state index >= 15 is 0 Å². The Hall–Kier alpha value is -0.650. The fourth-order valence-electron chi connectivity index (χ4n) is 1.63. The summed E-state index contributed by atoms with van der Waals surface area (Å²) in [4.78, 5) is 13.1. The largest absolute Gasteiger partial charge is 0.466 e. The zero-order valence-electron chi connectivity index (χ0n) is 10.7. The van der Waals surface area contributed by atoms with Crippen LogP contribution in [0.3, 0.4) is 0 Å². The zero-order chi connectivity index (χ0) is 12.9. The van der Waals surface area contributed by atoms with Gasteiger partial charge in [-0.05, 0) is 26.3 Å². The predicted molar refractivity (Wildman–Crippen MR) is 65.7 cm³/mol. The van der Waals surface area contributed by atoms with Gasteiger partial charge in [0.05, 0.1) is 19.8 Å². The quantitative estimate of drug-likeness (QED) is 0.408. The van der Waals surface area contributed by atoms with Gasteiger partial charge in [-0.3, -0.25) is 9.69 Å². The standard InChI is InChI=1S/C12H25NO4/c1-2-17-12(16)6-4-3-5-7-13(8-10-14)9-11-15/h14-15H,2-11H2,1H3. The molecule has 0 aliphatic heterocycles. The van der Waals surface area contributed by atoms with Gasteiger partial charge < -0.3 is 14.9 Å². The van der Waals surface area contributed by atoms with E-state index in [1.54, 1.807) is 6.92 Å². The molecule has 0 aromatic heterocycles. The van der Waals surface area contributed by atoms with Gasteiger partial charge in [0.1, 0.15) is 0 Å². The highest BCUT2D eigenvalue weighted by atomic mass is 16.5. The highest BCUT2D eigenvalue weighted by molar-refractivity contribution is 5.69. The first-order valence-corrected chi connectivity index (χ1v) is 6.34. The van der Waals surface area contributed by atoms with Gasteiger partial charge in [-0.1, -0.05) is 6.42 Å². The molecule has 0 aromatic rings. The second kappa shape index (κ2) is 11.8. The summed E-state index contributed by atoms with van der Waals surface area (Å²) in [6.45, 7) is 4.52. The van der Waals surface area contributed by atoms with Crippen LogP contribution in [0.25, 0.3) is 0 Å². The lowest BCUT2D eigenvalue weighted by Gasteiger charge is -2.19. The van der Waals surface area contributed by atoms with Crippen LogP contribution in [-0.2, 0) is 9.53 Å². The molecule has 102 valence electrons. The molecule has 0 heterocycles. The second-order valence-electron chi connectivity index (χ2n) is 3.90. The first-order chi connectivity index (χ1) is 8.24. The van der Waals surface area contributed by atoms with E-state index in [1.165, 1.54) is 0 Å². The number of rotatable bonds is 11. The molecule has 0 unspecified atom stereocenters. The normalized spacial score (nSPS) is 10.8. The molecule has 5 nitrogen and oxygen atoms in total. The molecule has 0 saturated heterocycles. The number of unbranched alkanes of at least 4 members (excludes halogenated alkanes) is 2. The van der Waals surface area contributed by atoms with Crippen molar-refractivity contribution in [3.05, 3.63) is 0 Å². The minimum atomic E-state index is -0.130. The van der Waals surface area contributed by atoms with Crippen LogP contribution in [-0.4, -0.2) is 60.5 Å². The Morgan fingerprint density at radius 1 is 1.06 bits per heavy atom. The Morgan fingerprint density at radius 3 is 2.24 bits per heavy atom. The van der Waals surface area contributed by atoms with Crippen molar-refractivity contribution in [1.29, 1.82) is 0 Å². The number of carbonyl (C=O) groups excluding carboxylic acids is 1. The van der Waals surface area contributed by atoms with Gasteiger partial charge in [0.15, 0.2) is 0 Å². The van der Waals surface area contributed by atoms with Crippen molar-refractivity contribution < 1.29 is 19.7 Å². The van der Waals surface area contributed by atoms with Crippen molar-refractivity contribution in [3.8, 4) is 0 Å². The summed E-state index contributed by atoms with van der Waals surface area (Å²) in [6.07, 6.45) is 3.25. The summed E-state index contributed by atoms with van der Waals surface area (Å²) < 4.78 is 4.83. The average Bonchev–Trinajstić information content (AvgIpc) is 2.29. The lowest BCUT2D eigenvalue weighted by atomic mass is 10.2. The fraction of sp³-hybridized carbons (Fsp3) is 0.917. The molecule has 0 aliphatic carbocycles. The van der Waals surface area contributed by atoms with Crippen molar-refractivity contribution in [2.45, 2.75) is 32.6 Å².